The molecule has 2 rings (SSSR count). The van der Waals surface area contributed by atoms with Crippen LogP contribution in [0.2, 0.25) is 0 Å². The third kappa shape index (κ3) is 9.43. The smallest absolute Gasteiger partial charge is 0.408 e. The number of pyridine rings is 1. The molecule has 1 atom stereocenters. The zero-order chi connectivity index (χ0) is 28.0. The Morgan fingerprint density at radius 3 is 2.00 bits per heavy atom. The summed E-state index contributed by atoms with van der Waals surface area (Å²) in [6, 6.07) is 11.1. The molecule has 0 fully saturated rings. The molecule has 0 saturated carbocycles. The molecule has 0 aliphatic rings. The van der Waals surface area contributed by atoms with E-state index in [9.17, 15) is 24.0 Å². The molecule has 0 radical (unpaired) electrons. The number of amides is 3. The number of alkyl carbamates (subject to hydrolysis) is 1. The van der Waals surface area contributed by atoms with Crippen LogP contribution < -0.4 is 21.7 Å². The number of benzene rings is 1. The first kappa shape index (κ1) is 29.1. The second-order valence-corrected chi connectivity index (χ2v) is 10.7. The van der Waals surface area contributed by atoms with Gasteiger partial charge >= 0.3 is 12.1 Å². The molecule has 0 aliphatic heterocycles. The first-order valence-corrected chi connectivity index (χ1v) is 11.6. The number of ether oxygens (including phenoxy) is 2. The molecule has 3 amide bonds. The number of H-pyrrole nitrogens is 1. The zero-order valence-corrected chi connectivity index (χ0v) is 22.1. The molecule has 11 heteroatoms. The molecule has 0 bridgehead atoms. The second-order valence-electron chi connectivity index (χ2n) is 10.7. The Morgan fingerprint density at radius 2 is 1.43 bits per heavy atom. The number of carbonyl (C=O) groups is 4. The molecule has 200 valence electrons. The van der Waals surface area contributed by atoms with Crippen molar-refractivity contribution in [2.24, 2.45) is 0 Å². The van der Waals surface area contributed by atoms with Crippen LogP contribution in [0.25, 0.3) is 0 Å². The second kappa shape index (κ2) is 11.3. The summed E-state index contributed by atoms with van der Waals surface area (Å²) in [6.07, 6.45) is -0.735. The Hall–Kier alpha value is -4.15. The van der Waals surface area contributed by atoms with Crippen LogP contribution in [0, 0.1) is 0 Å². The van der Waals surface area contributed by atoms with E-state index in [2.05, 4.69) is 21.2 Å². The summed E-state index contributed by atoms with van der Waals surface area (Å²) in [5.41, 5.74) is 0.972. The molecule has 1 aromatic carbocycles. The highest BCUT2D eigenvalue weighted by atomic mass is 16.6. The fraction of sp³-hybridized carbons (Fsp3) is 0.423. The van der Waals surface area contributed by atoms with E-state index in [1.165, 1.54) is 6.92 Å². The number of carbonyl (C=O) groups excluding carboxylic acids is 4. The van der Waals surface area contributed by atoms with Gasteiger partial charge in [-0.25, -0.2) is 9.59 Å². The SMILES string of the molecule is CC(C)(C)OC(=O)NC(C)(Cc1ccccc1)C(=O)NNC(=O)c1cc(C(=O)OC(C)(C)C)cc(=O)[nH]1. The van der Waals surface area contributed by atoms with Crippen LogP contribution in [0.5, 0.6) is 0 Å². The monoisotopic (exact) mass is 514 g/mol. The van der Waals surface area contributed by atoms with Crippen LogP contribution in [0.15, 0.2) is 47.3 Å². The molecule has 2 aromatic rings. The van der Waals surface area contributed by atoms with E-state index in [1.54, 1.807) is 65.8 Å². The molecular weight excluding hydrogens is 480 g/mol. The van der Waals surface area contributed by atoms with Crippen LogP contribution in [0.1, 0.15) is 74.9 Å². The zero-order valence-electron chi connectivity index (χ0n) is 22.1. The van der Waals surface area contributed by atoms with Crippen molar-refractivity contribution in [1.82, 2.24) is 21.2 Å². The standard InChI is InChI=1S/C26H34N4O7/c1-24(2,3)36-21(33)17-13-18(27-19(31)14-17)20(32)29-30-22(34)26(7,15-16-11-9-8-10-12-16)28-23(35)37-25(4,5)6/h8-14H,15H2,1-7H3,(H,27,31)(H,28,35)(H,29,32)(H,30,34). The van der Waals surface area contributed by atoms with Crippen molar-refractivity contribution in [3.05, 3.63) is 69.6 Å². The van der Waals surface area contributed by atoms with Gasteiger partial charge in [0.15, 0.2) is 0 Å². The first-order valence-electron chi connectivity index (χ1n) is 11.6. The van der Waals surface area contributed by atoms with Crippen LogP contribution >= 0.6 is 0 Å². The third-order valence-corrected chi connectivity index (χ3v) is 4.69. The number of hydrogen-bond donors (Lipinski definition) is 4. The van der Waals surface area contributed by atoms with Gasteiger partial charge < -0.3 is 19.8 Å². The van der Waals surface area contributed by atoms with Gasteiger partial charge in [0.2, 0.25) is 5.56 Å². The maximum Gasteiger partial charge on any atom is 0.408 e. The summed E-state index contributed by atoms with van der Waals surface area (Å²) in [5, 5.41) is 2.57. The molecule has 37 heavy (non-hydrogen) atoms. The minimum atomic E-state index is -1.53. The Balaban J connectivity index is 2.21. The molecule has 4 N–H and O–H groups in total. The van der Waals surface area contributed by atoms with Crippen molar-refractivity contribution in [1.29, 1.82) is 0 Å². The van der Waals surface area contributed by atoms with E-state index < -0.39 is 46.2 Å². The number of nitrogens with one attached hydrogen (secondary N) is 4. The van der Waals surface area contributed by atoms with Crippen LogP contribution in [-0.2, 0) is 20.7 Å². The van der Waals surface area contributed by atoms with Gasteiger partial charge in [0.1, 0.15) is 22.4 Å². The quantitative estimate of drug-likeness (QED) is 0.341. The minimum Gasteiger partial charge on any atom is -0.456 e. The molecular formula is C26H34N4O7. The number of aromatic nitrogens is 1. The van der Waals surface area contributed by atoms with Crippen molar-refractivity contribution in [2.75, 3.05) is 0 Å². The van der Waals surface area contributed by atoms with Gasteiger partial charge in [0.05, 0.1) is 5.56 Å². The fourth-order valence-electron chi connectivity index (χ4n) is 3.15. The number of rotatable bonds is 6. The van der Waals surface area contributed by atoms with Crippen molar-refractivity contribution in [2.45, 2.75) is 71.6 Å². The van der Waals surface area contributed by atoms with Crippen molar-refractivity contribution in [3.63, 3.8) is 0 Å². The van der Waals surface area contributed by atoms with E-state index in [0.29, 0.717) is 0 Å². The maximum atomic E-state index is 13.2. The van der Waals surface area contributed by atoms with E-state index in [4.69, 9.17) is 9.47 Å². The summed E-state index contributed by atoms with van der Waals surface area (Å²) >= 11 is 0. The number of aromatic amines is 1. The van der Waals surface area contributed by atoms with Crippen LogP contribution in [0.3, 0.4) is 0 Å². The highest BCUT2D eigenvalue weighted by Gasteiger charge is 2.37. The molecule has 11 nitrogen and oxygen atoms in total. The van der Waals surface area contributed by atoms with Gasteiger partial charge in [0.25, 0.3) is 11.8 Å². The van der Waals surface area contributed by atoms with E-state index >= 15 is 0 Å². The first-order chi connectivity index (χ1) is 17.0. The average Bonchev–Trinajstić information content (AvgIpc) is 2.74. The maximum absolute atomic E-state index is 13.2. The van der Waals surface area contributed by atoms with Gasteiger partial charge in [0, 0.05) is 12.5 Å². The highest BCUT2D eigenvalue weighted by Crippen LogP contribution is 2.16. The molecule has 1 aromatic heterocycles. The normalized spacial score (nSPS) is 13.1. The summed E-state index contributed by atoms with van der Waals surface area (Å²) < 4.78 is 10.5. The lowest BCUT2D eigenvalue weighted by atomic mass is 9.92. The Kier molecular flexibility index (Phi) is 8.86. The van der Waals surface area contributed by atoms with Gasteiger partial charge in [-0.1, -0.05) is 30.3 Å². The predicted octanol–water partition coefficient (Wildman–Crippen LogP) is 2.62. The molecule has 1 unspecified atom stereocenters. The van der Waals surface area contributed by atoms with Gasteiger partial charge in [-0.3, -0.25) is 25.2 Å². The number of hydrogen-bond acceptors (Lipinski definition) is 7. The number of esters is 1. The third-order valence-electron chi connectivity index (χ3n) is 4.69. The molecule has 1 heterocycles. The Morgan fingerprint density at radius 1 is 0.838 bits per heavy atom. The van der Waals surface area contributed by atoms with E-state index in [0.717, 1.165) is 17.7 Å². The van der Waals surface area contributed by atoms with Gasteiger partial charge in [-0.2, -0.15) is 0 Å². The van der Waals surface area contributed by atoms with Crippen molar-refractivity contribution in [3.8, 4) is 0 Å². The van der Waals surface area contributed by atoms with Gasteiger partial charge in [-0.15, -0.1) is 0 Å². The fourth-order valence-corrected chi connectivity index (χ4v) is 3.15. The van der Waals surface area contributed by atoms with E-state index in [1.807, 2.05) is 6.07 Å². The summed E-state index contributed by atoms with van der Waals surface area (Å²) in [5.74, 6) is -2.43. The summed E-state index contributed by atoms with van der Waals surface area (Å²) in [7, 11) is 0. The van der Waals surface area contributed by atoms with Crippen molar-refractivity contribution >= 4 is 23.9 Å². The molecule has 0 spiro atoms. The lowest BCUT2D eigenvalue weighted by Crippen LogP contribution is -2.61. The van der Waals surface area contributed by atoms with Crippen LogP contribution in [-0.4, -0.2) is 45.6 Å². The van der Waals surface area contributed by atoms with Crippen LogP contribution in [0.4, 0.5) is 4.79 Å². The lowest BCUT2D eigenvalue weighted by molar-refractivity contribution is -0.127. The number of hydrazine groups is 1. The van der Waals surface area contributed by atoms with Crippen molar-refractivity contribution < 1.29 is 28.7 Å². The Bertz CT molecular complexity index is 1210. The summed E-state index contributed by atoms with van der Waals surface area (Å²) in [4.78, 5) is 65.0. The van der Waals surface area contributed by atoms with E-state index in [-0.39, 0.29) is 17.7 Å². The molecule has 0 saturated heterocycles. The average molecular weight is 515 g/mol. The topological polar surface area (TPSA) is 156 Å². The minimum absolute atomic E-state index is 0.0831. The molecule has 0 aliphatic carbocycles. The highest BCUT2D eigenvalue weighted by molar-refractivity contribution is 5.98. The Labute approximate surface area is 215 Å². The predicted molar refractivity (Wildman–Crippen MR) is 136 cm³/mol. The van der Waals surface area contributed by atoms with Gasteiger partial charge in [-0.05, 0) is 60.1 Å². The lowest BCUT2D eigenvalue weighted by Gasteiger charge is -2.31. The summed E-state index contributed by atoms with van der Waals surface area (Å²) in [6.45, 7) is 11.5. The largest absolute Gasteiger partial charge is 0.456 e.